The van der Waals surface area contributed by atoms with Gasteiger partial charge in [-0.15, -0.1) is 11.3 Å². The number of likely N-dealkylation sites (tertiary alicyclic amines) is 1. The molecule has 60 heavy (non-hydrogen) atoms. The first-order chi connectivity index (χ1) is 27.9. The third-order valence-corrected chi connectivity index (χ3v) is 9.33. The lowest BCUT2D eigenvalue weighted by molar-refractivity contribution is -0.143. The van der Waals surface area contributed by atoms with Gasteiger partial charge in [-0.05, 0) is 100 Å². The van der Waals surface area contributed by atoms with E-state index >= 15 is 0 Å². The van der Waals surface area contributed by atoms with E-state index in [0.29, 0.717) is 28.5 Å². The Morgan fingerprint density at radius 1 is 0.867 bits per heavy atom. The average molecular weight is 876 g/mol. The molecule has 19 nitrogen and oxygen atoms in total. The third kappa shape index (κ3) is 14.6. The summed E-state index contributed by atoms with van der Waals surface area (Å²) in [4.78, 5) is 92.7. The lowest BCUT2D eigenvalue weighted by Crippen LogP contribution is -2.47. The van der Waals surface area contributed by atoms with Gasteiger partial charge in [-0.25, -0.2) is 29.1 Å². The number of unbranched alkanes of at least 4 members (excludes halogenated alkanes) is 1. The summed E-state index contributed by atoms with van der Waals surface area (Å²) in [5.41, 5.74) is -1.68. The van der Waals surface area contributed by atoms with E-state index in [9.17, 15) is 28.8 Å². The Hall–Kier alpha value is -5.50. The van der Waals surface area contributed by atoms with E-state index in [4.69, 9.17) is 30.5 Å². The van der Waals surface area contributed by atoms with Gasteiger partial charge in [0, 0.05) is 30.9 Å². The zero-order chi connectivity index (χ0) is 44.6. The van der Waals surface area contributed by atoms with Crippen LogP contribution < -0.4 is 21.3 Å². The van der Waals surface area contributed by atoms with Gasteiger partial charge in [0.2, 0.25) is 5.96 Å². The first kappa shape index (κ1) is 47.2. The first-order valence-electron chi connectivity index (χ1n) is 19.2. The van der Waals surface area contributed by atoms with Gasteiger partial charge in [0.05, 0.1) is 24.2 Å². The number of carbonyl (C=O) groups excluding carboxylic acids is 6. The fourth-order valence-corrected chi connectivity index (χ4v) is 6.91. The maximum atomic E-state index is 14.0. The number of nitrogens with one attached hydrogen (secondary N) is 4. The van der Waals surface area contributed by atoms with Crippen molar-refractivity contribution in [2.24, 2.45) is 4.99 Å². The van der Waals surface area contributed by atoms with Gasteiger partial charge in [0.25, 0.3) is 11.8 Å². The number of esters is 1. The summed E-state index contributed by atoms with van der Waals surface area (Å²) in [5, 5.41) is 12.8. The predicted octanol–water partition coefficient (Wildman–Crippen LogP) is 5.77. The van der Waals surface area contributed by atoms with Crippen LogP contribution in [0.1, 0.15) is 120 Å². The van der Waals surface area contributed by atoms with Gasteiger partial charge in [-0.2, -0.15) is 0 Å². The zero-order valence-corrected chi connectivity index (χ0v) is 37.0. The van der Waals surface area contributed by atoms with Gasteiger partial charge in [-0.1, -0.05) is 11.6 Å². The van der Waals surface area contributed by atoms with Crippen molar-refractivity contribution >= 4 is 70.6 Å². The summed E-state index contributed by atoms with van der Waals surface area (Å²) < 4.78 is 22.6. The number of pyridine rings is 1. The molecule has 328 valence electrons. The molecule has 0 aliphatic carbocycles. The average Bonchev–Trinajstić information content (AvgIpc) is 3.86. The van der Waals surface area contributed by atoms with E-state index in [-0.39, 0.29) is 43.3 Å². The maximum Gasteiger partial charge on any atom is 0.414 e. The van der Waals surface area contributed by atoms with E-state index in [1.165, 1.54) is 12.5 Å². The van der Waals surface area contributed by atoms with Gasteiger partial charge >= 0.3 is 24.2 Å². The van der Waals surface area contributed by atoms with Crippen LogP contribution in [0.2, 0.25) is 5.02 Å². The predicted molar refractivity (Wildman–Crippen MR) is 222 cm³/mol. The summed E-state index contributed by atoms with van der Waals surface area (Å²) in [7, 11) is 1.20. The first-order valence-corrected chi connectivity index (χ1v) is 20.5. The van der Waals surface area contributed by atoms with E-state index in [1.807, 2.05) is 0 Å². The number of rotatable bonds is 11. The van der Waals surface area contributed by atoms with E-state index in [2.05, 4.69) is 36.2 Å². The smallest absolute Gasteiger partial charge is 0.414 e. The summed E-state index contributed by atoms with van der Waals surface area (Å²) >= 11 is 7.30. The van der Waals surface area contributed by atoms with Crippen LogP contribution in [0.3, 0.4) is 0 Å². The highest BCUT2D eigenvalue weighted by atomic mass is 35.5. The van der Waals surface area contributed by atoms with Crippen molar-refractivity contribution in [3.63, 3.8) is 0 Å². The number of aromatic nitrogens is 3. The van der Waals surface area contributed by atoms with Crippen LogP contribution in [0, 0.1) is 0 Å². The molecule has 3 aromatic rings. The van der Waals surface area contributed by atoms with Gasteiger partial charge in [-0.3, -0.25) is 25.2 Å². The highest BCUT2D eigenvalue weighted by Gasteiger charge is 2.40. The number of ether oxygens (including phenoxy) is 4. The molecule has 4 N–H and O–H groups in total. The number of guanidine groups is 1. The van der Waals surface area contributed by atoms with Crippen molar-refractivity contribution in [1.82, 2.24) is 40.5 Å². The number of fused-ring (bicyclic) bond motifs is 1. The molecule has 3 atom stereocenters. The summed E-state index contributed by atoms with van der Waals surface area (Å²) in [6, 6.07) is 1.15. The summed E-state index contributed by atoms with van der Waals surface area (Å²) in [5.74, 6) is -1.93. The SMILES string of the molecule is COC(=O)[C@H](CCCCN=C(NC(=O)OC(C)(C)C)NC(=O)OC(C)(C)C)NC(=O)c1csc([C@@H]2C[C@@H](NC(=O)OC(C)(C)C)CN2C(=O)c2cn3cc(Cl)ccc3n2)n1. The molecule has 4 rings (SSSR count). The number of thiazole rings is 1. The van der Waals surface area contributed by atoms with Crippen LogP contribution in [-0.4, -0.2) is 110 Å². The topological polar surface area (TPSA) is 233 Å². The molecule has 3 aromatic heterocycles. The normalized spacial score (nSPS) is 16.0. The maximum absolute atomic E-state index is 14.0. The van der Waals surface area contributed by atoms with Gasteiger partial charge < -0.3 is 38.9 Å². The fraction of sp³-hybridized carbons (Fsp3) is 0.564. The Bertz CT molecular complexity index is 2050. The summed E-state index contributed by atoms with van der Waals surface area (Å²) in [6.07, 6.45) is 2.07. The highest BCUT2D eigenvalue weighted by molar-refractivity contribution is 7.09. The number of hydrogen-bond acceptors (Lipinski definition) is 14. The minimum atomic E-state index is -1.05. The zero-order valence-electron chi connectivity index (χ0n) is 35.5. The Labute approximate surface area is 357 Å². The second kappa shape index (κ2) is 19.7. The van der Waals surface area contributed by atoms with Crippen molar-refractivity contribution in [1.29, 1.82) is 0 Å². The molecule has 0 aromatic carbocycles. The van der Waals surface area contributed by atoms with Gasteiger partial charge in [0.15, 0.2) is 0 Å². The van der Waals surface area contributed by atoms with Crippen LogP contribution in [-0.2, 0) is 23.7 Å². The number of methoxy groups -OCH3 is 1. The molecule has 1 aliphatic heterocycles. The fourth-order valence-electron chi connectivity index (χ4n) is 5.82. The molecule has 21 heteroatoms. The molecule has 5 amide bonds. The van der Waals surface area contributed by atoms with Crippen molar-refractivity contribution in [3.05, 3.63) is 51.3 Å². The summed E-state index contributed by atoms with van der Waals surface area (Å²) in [6.45, 7) is 15.6. The minimum absolute atomic E-state index is 0.0119. The Kier molecular flexibility index (Phi) is 15.5. The molecule has 0 saturated carbocycles. The molecular weight excluding hydrogens is 822 g/mol. The quantitative estimate of drug-likeness (QED) is 0.0591. The van der Waals surface area contributed by atoms with Crippen molar-refractivity contribution in [2.45, 2.75) is 123 Å². The number of aliphatic imine (C=N–C) groups is 1. The van der Waals surface area contributed by atoms with Crippen molar-refractivity contribution in [3.8, 4) is 0 Å². The number of alkyl carbamates (subject to hydrolysis) is 3. The molecule has 1 aliphatic rings. The Balaban J connectivity index is 1.44. The second-order valence-electron chi connectivity index (χ2n) is 16.9. The second-order valence-corrected chi connectivity index (χ2v) is 18.2. The number of nitrogens with zero attached hydrogens (tertiary/aromatic N) is 5. The standard InChI is InChI=1S/C39H54ClN9O10S/c1-37(2,3)57-34(53)42-23-17-27(49(19-23)31(51)25-20-48-18-22(40)14-15-28(48)43-25)30-45-26(21-60-30)29(50)44-24(32(52)56-10)13-11-12-16-41-33(46-35(54)58-38(4,5)6)47-36(55)59-39(7,8)9/h14-15,18,20-21,23-24,27H,11-13,16-17,19H2,1-10H3,(H,42,53)(H,44,50)(H2,41,46,47,54,55)/t23-,24+,27+/m1/s1. The molecular formula is C39H54ClN9O10S. The van der Waals surface area contributed by atoms with Crippen LogP contribution in [0.5, 0.6) is 0 Å². The lowest BCUT2D eigenvalue weighted by atomic mass is 10.1. The van der Waals surface area contributed by atoms with Crippen LogP contribution >= 0.6 is 22.9 Å². The molecule has 0 bridgehead atoms. The van der Waals surface area contributed by atoms with Gasteiger partial charge in [0.1, 0.15) is 44.9 Å². The number of amides is 5. The molecule has 0 unspecified atom stereocenters. The third-order valence-electron chi connectivity index (χ3n) is 8.16. The van der Waals surface area contributed by atoms with Crippen LogP contribution in [0.25, 0.3) is 5.65 Å². The Morgan fingerprint density at radius 3 is 2.08 bits per heavy atom. The lowest BCUT2D eigenvalue weighted by Gasteiger charge is -2.22. The van der Waals surface area contributed by atoms with Crippen LogP contribution in [0.4, 0.5) is 14.4 Å². The molecule has 4 heterocycles. The number of imidazole rings is 1. The molecule has 0 spiro atoms. The monoisotopic (exact) mass is 875 g/mol. The highest BCUT2D eigenvalue weighted by Crippen LogP contribution is 2.35. The largest absolute Gasteiger partial charge is 0.467 e. The van der Waals surface area contributed by atoms with E-state index < -0.39 is 71.0 Å². The molecule has 1 fully saturated rings. The van der Waals surface area contributed by atoms with Crippen LogP contribution in [0.15, 0.2) is 34.9 Å². The van der Waals surface area contributed by atoms with Crippen molar-refractivity contribution in [2.75, 3.05) is 20.2 Å². The molecule has 1 saturated heterocycles. The van der Waals surface area contributed by atoms with E-state index in [1.54, 1.807) is 96.1 Å². The minimum Gasteiger partial charge on any atom is -0.467 e. The Morgan fingerprint density at radius 2 is 1.48 bits per heavy atom. The van der Waals surface area contributed by atoms with E-state index in [0.717, 1.165) is 11.3 Å². The number of hydrogen-bond donors (Lipinski definition) is 4. The molecule has 0 radical (unpaired) electrons. The number of halogens is 1. The number of carbonyl (C=O) groups is 6. The van der Waals surface area contributed by atoms with Crippen molar-refractivity contribution < 1.29 is 47.7 Å².